The van der Waals surface area contributed by atoms with Gasteiger partial charge in [0.05, 0.1) is 0 Å². The van der Waals surface area contributed by atoms with E-state index in [4.69, 9.17) is 5.84 Å². The highest BCUT2D eigenvalue weighted by Gasteiger charge is 2.18. The summed E-state index contributed by atoms with van der Waals surface area (Å²) in [5.41, 5.74) is 4.62. The Morgan fingerprint density at radius 3 is 2.39 bits per heavy atom. The van der Waals surface area contributed by atoms with Gasteiger partial charge in [-0.1, -0.05) is 27.7 Å². The van der Waals surface area contributed by atoms with Crippen molar-refractivity contribution in [1.29, 1.82) is 0 Å². The van der Waals surface area contributed by atoms with Gasteiger partial charge in [-0.2, -0.15) is 0 Å². The van der Waals surface area contributed by atoms with E-state index in [1.807, 2.05) is 12.4 Å². The molecule has 0 spiro atoms. The van der Waals surface area contributed by atoms with E-state index in [9.17, 15) is 0 Å². The normalized spacial score (nSPS) is 15.4. The summed E-state index contributed by atoms with van der Waals surface area (Å²) in [6, 6.07) is 4.45. The van der Waals surface area contributed by atoms with Gasteiger partial charge in [0.1, 0.15) is 0 Å². The second kappa shape index (κ2) is 6.86. The smallest absolute Gasteiger partial charge is 0.0270 e. The second-order valence-electron chi connectivity index (χ2n) is 6.53. The first-order valence-electron chi connectivity index (χ1n) is 6.76. The maximum absolute atomic E-state index is 5.67. The average molecular weight is 249 g/mol. The highest BCUT2D eigenvalue weighted by molar-refractivity contribution is 5.11. The highest BCUT2D eigenvalue weighted by atomic mass is 15.2. The number of hydrogen-bond acceptors (Lipinski definition) is 3. The van der Waals surface area contributed by atoms with E-state index in [0.717, 1.165) is 12.8 Å². The molecule has 0 aliphatic rings. The molecule has 1 aromatic heterocycles. The van der Waals surface area contributed by atoms with Crippen molar-refractivity contribution >= 4 is 0 Å². The Balaban J connectivity index is 2.47. The van der Waals surface area contributed by atoms with E-state index in [0.29, 0.717) is 17.4 Å². The zero-order chi connectivity index (χ0) is 13.6. The van der Waals surface area contributed by atoms with E-state index < -0.39 is 0 Å². The first-order valence-corrected chi connectivity index (χ1v) is 6.76. The fourth-order valence-corrected chi connectivity index (χ4v) is 2.63. The molecule has 0 aliphatic heterocycles. The van der Waals surface area contributed by atoms with Gasteiger partial charge in [0, 0.05) is 18.4 Å². The molecule has 3 heteroatoms. The molecule has 0 saturated heterocycles. The van der Waals surface area contributed by atoms with Crippen LogP contribution in [0.5, 0.6) is 0 Å². The van der Waals surface area contributed by atoms with Gasteiger partial charge in [-0.05, 0) is 48.3 Å². The van der Waals surface area contributed by atoms with E-state index in [1.54, 1.807) is 0 Å². The monoisotopic (exact) mass is 249 g/mol. The minimum Gasteiger partial charge on any atom is -0.271 e. The van der Waals surface area contributed by atoms with Crippen LogP contribution in [-0.4, -0.2) is 11.0 Å². The molecule has 1 aromatic rings. The Morgan fingerprint density at radius 2 is 1.89 bits per heavy atom. The Hall–Kier alpha value is -0.930. The second-order valence-corrected chi connectivity index (χ2v) is 6.53. The minimum atomic E-state index is 0.338. The lowest BCUT2D eigenvalue weighted by Crippen LogP contribution is -2.38. The number of pyridine rings is 1. The number of aromatic nitrogens is 1. The van der Waals surface area contributed by atoms with E-state index >= 15 is 0 Å². The molecule has 0 saturated carbocycles. The zero-order valence-electron chi connectivity index (χ0n) is 12.1. The summed E-state index contributed by atoms with van der Waals surface area (Å²) in [5, 5.41) is 0. The molecule has 3 N–H and O–H groups in total. The van der Waals surface area contributed by atoms with E-state index in [1.165, 1.54) is 12.0 Å². The number of nitrogens with one attached hydrogen (secondary N) is 1. The number of hydrogen-bond donors (Lipinski definition) is 2. The fraction of sp³-hybridized carbons (Fsp3) is 0.667. The third kappa shape index (κ3) is 6.12. The Kier molecular flexibility index (Phi) is 5.76. The van der Waals surface area contributed by atoms with Gasteiger partial charge in [-0.3, -0.25) is 16.3 Å². The van der Waals surface area contributed by atoms with Crippen LogP contribution in [0.25, 0.3) is 0 Å². The largest absolute Gasteiger partial charge is 0.271 e. The number of hydrazine groups is 1. The van der Waals surface area contributed by atoms with Crippen LogP contribution in [0.2, 0.25) is 0 Å². The van der Waals surface area contributed by atoms with Gasteiger partial charge in [0.2, 0.25) is 0 Å². The lowest BCUT2D eigenvalue weighted by Gasteiger charge is -2.26. The molecule has 0 fully saturated rings. The maximum atomic E-state index is 5.67. The van der Waals surface area contributed by atoms with E-state index in [2.05, 4.69) is 50.2 Å². The summed E-state index contributed by atoms with van der Waals surface area (Å²) < 4.78 is 0. The zero-order valence-corrected chi connectivity index (χ0v) is 12.1. The molecule has 3 nitrogen and oxygen atoms in total. The molecule has 0 radical (unpaired) electrons. The van der Waals surface area contributed by atoms with Crippen molar-refractivity contribution in [2.75, 3.05) is 0 Å². The van der Waals surface area contributed by atoms with Crippen LogP contribution in [0.15, 0.2) is 24.5 Å². The first kappa shape index (κ1) is 15.1. The summed E-state index contributed by atoms with van der Waals surface area (Å²) in [4.78, 5) is 4.04. The molecular weight excluding hydrogens is 222 g/mol. The predicted octanol–water partition coefficient (Wildman–Crippen LogP) is 2.92. The topological polar surface area (TPSA) is 50.9 Å². The van der Waals surface area contributed by atoms with Crippen LogP contribution >= 0.6 is 0 Å². The maximum Gasteiger partial charge on any atom is 0.0270 e. The molecule has 0 bridgehead atoms. The van der Waals surface area contributed by atoms with Gasteiger partial charge in [0.25, 0.3) is 0 Å². The summed E-state index contributed by atoms with van der Waals surface area (Å²) in [6.07, 6.45) is 6.97. The molecule has 102 valence electrons. The van der Waals surface area contributed by atoms with Crippen molar-refractivity contribution in [2.24, 2.45) is 17.2 Å². The predicted molar refractivity (Wildman–Crippen MR) is 76.9 cm³/mol. The summed E-state index contributed by atoms with van der Waals surface area (Å²) in [6.45, 7) is 9.17. The van der Waals surface area contributed by atoms with Gasteiger partial charge < -0.3 is 0 Å². The van der Waals surface area contributed by atoms with Gasteiger partial charge >= 0.3 is 0 Å². The first-order chi connectivity index (χ1) is 8.40. The molecule has 2 atom stereocenters. The van der Waals surface area contributed by atoms with Crippen LogP contribution in [-0.2, 0) is 6.42 Å². The van der Waals surface area contributed by atoms with Gasteiger partial charge in [0.15, 0.2) is 0 Å². The molecule has 0 aliphatic carbocycles. The third-order valence-electron chi connectivity index (χ3n) is 3.11. The molecule has 18 heavy (non-hydrogen) atoms. The SMILES string of the molecule is CC(CC(Cc1ccncc1)NN)CC(C)(C)C. The van der Waals surface area contributed by atoms with Crippen LogP contribution in [0.4, 0.5) is 0 Å². The number of rotatable bonds is 6. The van der Waals surface area contributed by atoms with Gasteiger partial charge in [-0.25, -0.2) is 0 Å². The van der Waals surface area contributed by atoms with E-state index in [-0.39, 0.29) is 0 Å². The third-order valence-corrected chi connectivity index (χ3v) is 3.11. The molecule has 1 heterocycles. The van der Waals surface area contributed by atoms with Crippen molar-refractivity contribution in [2.45, 2.75) is 53.0 Å². The lowest BCUT2D eigenvalue weighted by molar-refractivity contribution is 0.274. The average Bonchev–Trinajstić information content (AvgIpc) is 2.27. The summed E-state index contributed by atoms with van der Waals surface area (Å²) in [5.74, 6) is 6.34. The van der Waals surface area contributed by atoms with Crippen molar-refractivity contribution in [3.8, 4) is 0 Å². The Bertz CT molecular complexity index is 329. The van der Waals surface area contributed by atoms with Gasteiger partial charge in [-0.15, -0.1) is 0 Å². The molecule has 0 aromatic carbocycles. The van der Waals surface area contributed by atoms with Crippen LogP contribution < -0.4 is 11.3 Å². The lowest BCUT2D eigenvalue weighted by atomic mass is 9.82. The highest BCUT2D eigenvalue weighted by Crippen LogP contribution is 2.27. The van der Waals surface area contributed by atoms with Crippen LogP contribution in [0.3, 0.4) is 0 Å². The number of nitrogens with zero attached hydrogens (tertiary/aromatic N) is 1. The minimum absolute atomic E-state index is 0.338. The molecular formula is C15H27N3. The Labute approximate surface area is 111 Å². The summed E-state index contributed by atoms with van der Waals surface area (Å²) in [7, 11) is 0. The van der Waals surface area contributed by atoms with Crippen LogP contribution in [0, 0.1) is 11.3 Å². The standard InChI is InChI=1S/C15H27N3/c1-12(11-15(2,3)4)9-14(18-16)10-13-5-7-17-8-6-13/h5-8,12,14,18H,9-11,16H2,1-4H3. The number of nitrogens with two attached hydrogens (primary N) is 1. The molecule has 0 amide bonds. The molecule has 2 unspecified atom stereocenters. The van der Waals surface area contributed by atoms with Crippen LogP contribution in [0.1, 0.15) is 46.1 Å². The van der Waals surface area contributed by atoms with Crippen molar-refractivity contribution < 1.29 is 0 Å². The van der Waals surface area contributed by atoms with Crippen molar-refractivity contribution in [3.63, 3.8) is 0 Å². The fourth-order valence-electron chi connectivity index (χ4n) is 2.63. The van der Waals surface area contributed by atoms with Crippen molar-refractivity contribution in [3.05, 3.63) is 30.1 Å². The quantitative estimate of drug-likeness (QED) is 0.602. The van der Waals surface area contributed by atoms with Crippen molar-refractivity contribution in [1.82, 2.24) is 10.4 Å². The Morgan fingerprint density at radius 1 is 1.28 bits per heavy atom. The molecule has 1 rings (SSSR count). The summed E-state index contributed by atoms with van der Waals surface area (Å²) >= 11 is 0.